The maximum Gasteiger partial charge on any atom is 0.167 e. The second-order valence-electron chi connectivity index (χ2n) is 5.20. The van der Waals surface area contributed by atoms with Gasteiger partial charge < -0.3 is 11.1 Å². The smallest absolute Gasteiger partial charge is 0.167 e. The Morgan fingerprint density at radius 2 is 1.88 bits per heavy atom. The number of rotatable bonds is 3. The Morgan fingerprint density at radius 1 is 1.00 bits per heavy atom. The maximum atomic E-state index is 6.28. The zero-order valence-electron chi connectivity index (χ0n) is 12.5. The van der Waals surface area contributed by atoms with Crippen LogP contribution in [0.2, 0.25) is 5.02 Å². The molecule has 2 aromatic carbocycles. The summed E-state index contributed by atoms with van der Waals surface area (Å²) in [5, 5.41) is 3.80. The van der Waals surface area contributed by atoms with Gasteiger partial charge in [0.1, 0.15) is 18.3 Å². The molecule has 0 unspecified atom stereocenters. The lowest BCUT2D eigenvalue weighted by Gasteiger charge is -2.12. The second-order valence-corrected chi connectivity index (χ2v) is 5.63. The molecule has 0 bridgehead atoms. The van der Waals surface area contributed by atoms with E-state index in [2.05, 4.69) is 20.3 Å². The lowest BCUT2D eigenvalue weighted by atomic mass is 10.3. The predicted octanol–water partition coefficient (Wildman–Crippen LogP) is 3.79. The number of anilines is 3. The van der Waals surface area contributed by atoms with Crippen molar-refractivity contribution in [3.63, 3.8) is 0 Å². The molecule has 7 heteroatoms. The fourth-order valence-corrected chi connectivity index (χ4v) is 2.70. The molecule has 0 radical (unpaired) electrons. The molecule has 2 heterocycles. The molecule has 4 rings (SSSR count). The molecule has 0 fully saturated rings. The van der Waals surface area contributed by atoms with Crippen molar-refractivity contribution in [3.05, 3.63) is 66.2 Å². The average molecular weight is 337 g/mol. The van der Waals surface area contributed by atoms with Crippen LogP contribution in [0.1, 0.15) is 0 Å². The van der Waals surface area contributed by atoms with Gasteiger partial charge in [0.05, 0.1) is 11.0 Å². The highest BCUT2D eigenvalue weighted by molar-refractivity contribution is 6.30. The van der Waals surface area contributed by atoms with Crippen LogP contribution in [0.3, 0.4) is 0 Å². The Kier molecular flexibility index (Phi) is 3.51. The van der Waals surface area contributed by atoms with E-state index < -0.39 is 0 Å². The molecular weight excluding hydrogens is 324 g/mol. The number of nitrogens with zero attached hydrogens (tertiary/aromatic N) is 4. The number of nitrogen functional groups attached to an aromatic ring is 1. The number of hydrogen-bond acceptors (Lipinski definition) is 5. The molecule has 0 spiro atoms. The second kappa shape index (κ2) is 5.82. The average Bonchev–Trinajstić information content (AvgIpc) is 3.01. The third-order valence-corrected chi connectivity index (χ3v) is 3.87. The largest absolute Gasteiger partial charge is 0.393 e. The summed E-state index contributed by atoms with van der Waals surface area (Å²) in [6, 6.07) is 15.1. The molecular formula is C17H13ClN6. The summed E-state index contributed by atoms with van der Waals surface area (Å²) in [6.45, 7) is 0. The number of benzene rings is 2. The van der Waals surface area contributed by atoms with Gasteiger partial charge in [-0.15, -0.1) is 0 Å². The van der Waals surface area contributed by atoms with Crippen molar-refractivity contribution >= 4 is 39.8 Å². The molecule has 24 heavy (non-hydrogen) atoms. The van der Waals surface area contributed by atoms with Gasteiger partial charge in [-0.05, 0) is 30.3 Å². The minimum Gasteiger partial charge on any atom is -0.393 e. The number of fused-ring (bicyclic) bond motifs is 1. The van der Waals surface area contributed by atoms with Crippen molar-refractivity contribution in [1.82, 2.24) is 19.5 Å². The summed E-state index contributed by atoms with van der Waals surface area (Å²) in [5.41, 5.74) is 9.32. The molecule has 118 valence electrons. The molecule has 0 atom stereocenters. The van der Waals surface area contributed by atoms with E-state index in [-0.39, 0.29) is 0 Å². The summed E-state index contributed by atoms with van der Waals surface area (Å²) in [5.74, 6) is 1.09. The summed E-state index contributed by atoms with van der Waals surface area (Å²) >= 11 is 6.01. The van der Waals surface area contributed by atoms with Crippen LogP contribution < -0.4 is 11.1 Å². The van der Waals surface area contributed by atoms with Gasteiger partial charge in [0.2, 0.25) is 0 Å². The summed E-state index contributed by atoms with van der Waals surface area (Å²) in [4.78, 5) is 12.9. The Labute approximate surface area is 142 Å². The molecule has 4 aromatic rings. The number of imidazole rings is 1. The molecule has 0 aliphatic heterocycles. The number of nitrogens with two attached hydrogens (primary N) is 1. The van der Waals surface area contributed by atoms with Crippen molar-refractivity contribution in [3.8, 4) is 5.82 Å². The SMILES string of the molecule is Nc1c(Nc2cccc(Cl)c2)ncnc1-n1cnc2ccccc21. The minimum atomic E-state index is 0.431. The van der Waals surface area contributed by atoms with Crippen LogP contribution in [0.4, 0.5) is 17.2 Å². The van der Waals surface area contributed by atoms with Gasteiger partial charge in [0.25, 0.3) is 0 Å². The summed E-state index contributed by atoms with van der Waals surface area (Å²) < 4.78 is 1.84. The first-order valence-corrected chi connectivity index (χ1v) is 7.66. The standard InChI is InChI=1S/C17H13ClN6/c18-11-4-3-5-12(8-11)23-16-15(19)17(21-9-20-16)24-10-22-13-6-1-2-7-14(13)24/h1-10H,19H2,(H,20,21,23). The Hall–Kier alpha value is -3.12. The van der Waals surface area contributed by atoms with Gasteiger partial charge in [0.15, 0.2) is 11.6 Å². The van der Waals surface area contributed by atoms with E-state index in [1.54, 1.807) is 18.5 Å². The lowest BCUT2D eigenvalue weighted by Crippen LogP contribution is -2.07. The number of aromatic nitrogens is 4. The number of para-hydroxylation sites is 2. The molecule has 3 N–H and O–H groups in total. The number of nitrogens with one attached hydrogen (secondary N) is 1. The van der Waals surface area contributed by atoms with E-state index in [1.807, 2.05) is 41.0 Å². The van der Waals surface area contributed by atoms with Gasteiger partial charge >= 0.3 is 0 Å². The highest BCUT2D eigenvalue weighted by Gasteiger charge is 2.13. The van der Waals surface area contributed by atoms with Crippen molar-refractivity contribution in [1.29, 1.82) is 0 Å². The summed E-state index contributed by atoms with van der Waals surface area (Å²) in [7, 11) is 0. The van der Waals surface area contributed by atoms with Gasteiger partial charge in [0, 0.05) is 10.7 Å². The van der Waals surface area contributed by atoms with E-state index in [0.717, 1.165) is 16.7 Å². The highest BCUT2D eigenvalue weighted by atomic mass is 35.5. The van der Waals surface area contributed by atoms with Crippen LogP contribution in [0, 0.1) is 0 Å². The highest BCUT2D eigenvalue weighted by Crippen LogP contribution is 2.28. The van der Waals surface area contributed by atoms with Gasteiger partial charge in [-0.2, -0.15) is 0 Å². The van der Waals surface area contributed by atoms with Crippen molar-refractivity contribution < 1.29 is 0 Å². The quantitative estimate of drug-likeness (QED) is 0.594. The molecule has 0 aliphatic carbocycles. The number of hydrogen-bond donors (Lipinski definition) is 2. The fourth-order valence-electron chi connectivity index (χ4n) is 2.51. The van der Waals surface area contributed by atoms with Crippen LogP contribution >= 0.6 is 11.6 Å². The van der Waals surface area contributed by atoms with Crippen LogP contribution in [0.25, 0.3) is 16.9 Å². The Bertz CT molecular complexity index is 1030. The van der Waals surface area contributed by atoms with E-state index in [9.17, 15) is 0 Å². The van der Waals surface area contributed by atoms with E-state index in [4.69, 9.17) is 17.3 Å². The lowest BCUT2D eigenvalue weighted by molar-refractivity contribution is 1.00. The van der Waals surface area contributed by atoms with E-state index >= 15 is 0 Å². The van der Waals surface area contributed by atoms with Gasteiger partial charge in [-0.25, -0.2) is 15.0 Å². The number of halogens is 1. The maximum absolute atomic E-state index is 6.28. The van der Waals surface area contributed by atoms with Gasteiger partial charge in [-0.3, -0.25) is 4.57 Å². The third-order valence-electron chi connectivity index (χ3n) is 3.63. The van der Waals surface area contributed by atoms with Crippen LogP contribution in [-0.2, 0) is 0 Å². The zero-order chi connectivity index (χ0) is 16.5. The monoisotopic (exact) mass is 336 g/mol. The molecule has 0 saturated heterocycles. The van der Waals surface area contributed by atoms with Crippen molar-refractivity contribution in [2.24, 2.45) is 0 Å². The molecule has 0 aliphatic rings. The van der Waals surface area contributed by atoms with E-state index in [1.165, 1.54) is 6.33 Å². The summed E-state index contributed by atoms with van der Waals surface area (Å²) in [6.07, 6.45) is 3.17. The van der Waals surface area contributed by atoms with Crippen LogP contribution in [-0.4, -0.2) is 19.5 Å². The first-order chi connectivity index (χ1) is 11.7. The molecule has 2 aromatic heterocycles. The first-order valence-electron chi connectivity index (χ1n) is 7.28. The van der Waals surface area contributed by atoms with Crippen molar-refractivity contribution in [2.45, 2.75) is 0 Å². The minimum absolute atomic E-state index is 0.431. The Morgan fingerprint density at radius 3 is 2.75 bits per heavy atom. The van der Waals surface area contributed by atoms with Crippen molar-refractivity contribution in [2.75, 3.05) is 11.1 Å². The third kappa shape index (κ3) is 2.53. The molecule has 0 amide bonds. The van der Waals surface area contributed by atoms with Gasteiger partial charge in [-0.1, -0.05) is 29.8 Å². The topological polar surface area (TPSA) is 81.6 Å². The van der Waals surface area contributed by atoms with Crippen LogP contribution in [0.15, 0.2) is 61.2 Å². The fraction of sp³-hybridized carbons (Fsp3) is 0. The molecule has 6 nitrogen and oxygen atoms in total. The predicted molar refractivity (Wildman–Crippen MR) is 95.8 cm³/mol. The van der Waals surface area contributed by atoms with E-state index in [0.29, 0.717) is 22.3 Å². The Balaban J connectivity index is 1.78. The zero-order valence-corrected chi connectivity index (χ0v) is 13.3. The van der Waals surface area contributed by atoms with Crippen LogP contribution in [0.5, 0.6) is 0 Å². The normalized spacial score (nSPS) is 10.9. The molecule has 0 saturated carbocycles. The first kappa shape index (κ1) is 14.5.